The van der Waals surface area contributed by atoms with Crippen LogP contribution in [0.5, 0.6) is 5.75 Å². The standard InChI is InChI=1S/C19H17N3O4/c1-4-7-21-12(2)8-16(13(21)3)19(24)15(11-20)9-14-5-6-18(23)17(10-14)22(25)26/h4-6,8-10,23H,1,7H2,2-3H3/b15-9+. The number of allylic oxidation sites excluding steroid dienone is 2. The Bertz CT molecular complexity index is 977. The van der Waals surface area contributed by atoms with Crippen molar-refractivity contribution in [2.24, 2.45) is 0 Å². The second kappa shape index (κ2) is 7.49. The highest BCUT2D eigenvalue weighted by molar-refractivity contribution is 6.14. The molecule has 0 fully saturated rings. The molecule has 1 heterocycles. The number of carbonyl (C=O) groups excluding carboxylic acids is 1. The summed E-state index contributed by atoms with van der Waals surface area (Å²) in [5.74, 6) is -0.948. The van der Waals surface area contributed by atoms with Crippen molar-refractivity contribution < 1.29 is 14.8 Å². The number of aryl methyl sites for hydroxylation is 1. The van der Waals surface area contributed by atoms with Gasteiger partial charge in [0.15, 0.2) is 5.75 Å². The minimum absolute atomic E-state index is 0.149. The molecule has 0 saturated heterocycles. The van der Waals surface area contributed by atoms with Crippen molar-refractivity contribution in [2.75, 3.05) is 0 Å². The van der Waals surface area contributed by atoms with E-state index in [1.165, 1.54) is 12.1 Å². The van der Waals surface area contributed by atoms with Crippen LogP contribution in [0.25, 0.3) is 6.08 Å². The number of phenols is 1. The first-order valence-electron chi connectivity index (χ1n) is 7.71. The van der Waals surface area contributed by atoms with Gasteiger partial charge in [-0.15, -0.1) is 6.58 Å². The fourth-order valence-electron chi connectivity index (χ4n) is 2.68. The molecule has 0 unspecified atom stereocenters. The number of rotatable bonds is 6. The number of nitro benzene ring substituents is 1. The van der Waals surface area contributed by atoms with Gasteiger partial charge in [0.1, 0.15) is 11.6 Å². The first kappa shape index (κ1) is 18.7. The van der Waals surface area contributed by atoms with E-state index in [0.717, 1.165) is 17.8 Å². The van der Waals surface area contributed by atoms with Crippen LogP contribution in [0.4, 0.5) is 5.69 Å². The zero-order chi connectivity index (χ0) is 19.4. The molecule has 2 aromatic rings. The normalized spacial score (nSPS) is 11.0. The van der Waals surface area contributed by atoms with E-state index in [1.54, 1.807) is 19.1 Å². The number of aromatic nitrogens is 1. The van der Waals surface area contributed by atoms with Gasteiger partial charge in [0.25, 0.3) is 0 Å². The van der Waals surface area contributed by atoms with E-state index in [-0.39, 0.29) is 11.1 Å². The topological polar surface area (TPSA) is 109 Å². The predicted molar refractivity (Wildman–Crippen MR) is 96.8 cm³/mol. The molecular formula is C19H17N3O4. The number of benzene rings is 1. The Morgan fingerprint density at radius 1 is 1.42 bits per heavy atom. The van der Waals surface area contributed by atoms with E-state index in [1.807, 2.05) is 17.6 Å². The molecule has 0 radical (unpaired) electrons. The average Bonchev–Trinajstić information content (AvgIpc) is 2.88. The van der Waals surface area contributed by atoms with Crippen LogP contribution in [0, 0.1) is 35.3 Å². The zero-order valence-electron chi connectivity index (χ0n) is 14.4. The van der Waals surface area contributed by atoms with Gasteiger partial charge in [-0.25, -0.2) is 0 Å². The van der Waals surface area contributed by atoms with Gasteiger partial charge in [0, 0.05) is 29.6 Å². The molecule has 0 aliphatic carbocycles. The molecule has 0 amide bonds. The molecule has 0 aliphatic rings. The predicted octanol–water partition coefficient (Wildman–Crippen LogP) is 3.69. The Morgan fingerprint density at radius 2 is 2.12 bits per heavy atom. The lowest BCUT2D eigenvalue weighted by molar-refractivity contribution is -0.385. The Labute approximate surface area is 150 Å². The van der Waals surface area contributed by atoms with Gasteiger partial charge in [-0.2, -0.15) is 5.26 Å². The van der Waals surface area contributed by atoms with Gasteiger partial charge in [-0.05, 0) is 37.6 Å². The number of aromatic hydroxyl groups is 1. The van der Waals surface area contributed by atoms with Crippen LogP contribution in [0.2, 0.25) is 0 Å². The summed E-state index contributed by atoms with van der Waals surface area (Å²) in [4.78, 5) is 22.9. The number of nitrogens with zero attached hydrogens (tertiary/aromatic N) is 3. The Morgan fingerprint density at radius 3 is 2.69 bits per heavy atom. The fourth-order valence-corrected chi connectivity index (χ4v) is 2.68. The summed E-state index contributed by atoms with van der Waals surface area (Å²) in [5, 5.41) is 29.8. The third-order valence-corrected chi connectivity index (χ3v) is 4.00. The Kier molecular flexibility index (Phi) is 5.38. The molecule has 0 saturated carbocycles. The number of Topliss-reactive ketones (excluding diaryl/α,β-unsaturated/α-hetero) is 1. The molecule has 0 aliphatic heterocycles. The molecule has 2 rings (SSSR count). The minimum atomic E-state index is -0.733. The number of ketones is 1. The molecule has 0 bridgehead atoms. The van der Waals surface area contributed by atoms with E-state index < -0.39 is 22.1 Å². The number of hydrogen-bond acceptors (Lipinski definition) is 5. The molecule has 0 spiro atoms. The van der Waals surface area contributed by atoms with Crippen molar-refractivity contribution in [1.29, 1.82) is 5.26 Å². The van der Waals surface area contributed by atoms with Crippen LogP contribution in [0.15, 0.2) is 42.5 Å². The van der Waals surface area contributed by atoms with Gasteiger partial charge >= 0.3 is 5.69 Å². The van der Waals surface area contributed by atoms with Crippen molar-refractivity contribution in [2.45, 2.75) is 20.4 Å². The van der Waals surface area contributed by atoms with Crippen molar-refractivity contribution in [1.82, 2.24) is 4.57 Å². The van der Waals surface area contributed by atoms with Crippen molar-refractivity contribution >= 4 is 17.5 Å². The third-order valence-electron chi connectivity index (χ3n) is 4.00. The first-order chi connectivity index (χ1) is 12.3. The lowest BCUT2D eigenvalue weighted by Gasteiger charge is -2.06. The van der Waals surface area contributed by atoms with Gasteiger partial charge < -0.3 is 9.67 Å². The summed E-state index contributed by atoms with van der Waals surface area (Å²) in [5.41, 5.74) is 1.61. The van der Waals surface area contributed by atoms with E-state index in [2.05, 4.69) is 6.58 Å². The maximum absolute atomic E-state index is 12.7. The van der Waals surface area contributed by atoms with Crippen LogP contribution in [-0.4, -0.2) is 20.4 Å². The van der Waals surface area contributed by atoms with Crippen LogP contribution in [-0.2, 0) is 6.54 Å². The number of carbonyl (C=O) groups is 1. The van der Waals surface area contributed by atoms with Gasteiger partial charge in [-0.3, -0.25) is 14.9 Å². The second-order valence-corrected chi connectivity index (χ2v) is 5.69. The fraction of sp³-hybridized carbons (Fsp3) is 0.158. The Hall–Kier alpha value is -3.66. The summed E-state index contributed by atoms with van der Waals surface area (Å²) < 4.78 is 1.90. The van der Waals surface area contributed by atoms with Crippen LogP contribution < -0.4 is 0 Å². The minimum Gasteiger partial charge on any atom is -0.502 e. The number of hydrogen-bond donors (Lipinski definition) is 1. The molecular weight excluding hydrogens is 334 g/mol. The molecule has 132 valence electrons. The smallest absolute Gasteiger partial charge is 0.311 e. The van der Waals surface area contributed by atoms with Crippen molar-refractivity contribution in [3.63, 3.8) is 0 Å². The molecule has 1 N–H and O–H groups in total. The molecule has 0 atom stereocenters. The average molecular weight is 351 g/mol. The molecule has 7 heteroatoms. The highest BCUT2D eigenvalue weighted by Gasteiger charge is 2.20. The molecule has 26 heavy (non-hydrogen) atoms. The first-order valence-corrected chi connectivity index (χ1v) is 7.71. The van der Waals surface area contributed by atoms with Crippen LogP contribution >= 0.6 is 0 Å². The largest absolute Gasteiger partial charge is 0.502 e. The van der Waals surface area contributed by atoms with Crippen molar-refractivity contribution in [3.8, 4) is 11.8 Å². The highest BCUT2D eigenvalue weighted by Crippen LogP contribution is 2.28. The third kappa shape index (κ3) is 3.54. The number of nitro groups is 1. The van der Waals surface area contributed by atoms with E-state index in [0.29, 0.717) is 17.8 Å². The lowest BCUT2D eigenvalue weighted by Crippen LogP contribution is -2.05. The summed E-state index contributed by atoms with van der Waals surface area (Å²) in [6.45, 7) is 7.86. The summed E-state index contributed by atoms with van der Waals surface area (Å²) in [7, 11) is 0. The van der Waals surface area contributed by atoms with E-state index in [4.69, 9.17) is 0 Å². The zero-order valence-corrected chi connectivity index (χ0v) is 14.4. The maximum Gasteiger partial charge on any atom is 0.311 e. The molecule has 1 aromatic heterocycles. The number of nitriles is 1. The number of phenolic OH excluding ortho intramolecular Hbond substituents is 1. The molecule has 1 aromatic carbocycles. The van der Waals surface area contributed by atoms with Crippen LogP contribution in [0.3, 0.4) is 0 Å². The van der Waals surface area contributed by atoms with Crippen LogP contribution in [0.1, 0.15) is 27.3 Å². The monoisotopic (exact) mass is 351 g/mol. The van der Waals surface area contributed by atoms with Crippen molar-refractivity contribution in [3.05, 3.63) is 75.1 Å². The van der Waals surface area contributed by atoms with Gasteiger partial charge in [0.2, 0.25) is 5.78 Å². The van der Waals surface area contributed by atoms with E-state index >= 15 is 0 Å². The van der Waals surface area contributed by atoms with E-state index in [9.17, 15) is 25.3 Å². The Balaban J connectivity index is 2.48. The molecule has 7 nitrogen and oxygen atoms in total. The quantitative estimate of drug-likeness (QED) is 0.213. The SMILES string of the molecule is C=CCn1c(C)cc(C(=O)/C(C#N)=C/c2ccc(O)c([N+](=O)[O-])c2)c1C. The summed E-state index contributed by atoms with van der Waals surface area (Å²) >= 11 is 0. The van der Waals surface area contributed by atoms with Gasteiger partial charge in [-0.1, -0.05) is 12.1 Å². The summed E-state index contributed by atoms with van der Waals surface area (Å²) in [6.07, 6.45) is 2.99. The lowest BCUT2D eigenvalue weighted by atomic mass is 10.0. The summed E-state index contributed by atoms with van der Waals surface area (Å²) in [6, 6.07) is 7.21. The second-order valence-electron chi connectivity index (χ2n) is 5.69. The highest BCUT2D eigenvalue weighted by atomic mass is 16.6. The maximum atomic E-state index is 12.7. The van der Waals surface area contributed by atoms with Gasteiger partial charge in [0.05, 0.1) is 4.92 Å².